The Hall–Kier alpha value is -1.35. The van der Waals surface area contributed by atoms with Gasteiger partial charge in [0.1, 0.15) is 5.33 Å². The Labute approximate surface area is 207 Å². The fourth-order valence-electron chi connectivity index (χ4n) is 3.36. The van der Waals surface area contributed by atoms with E-state index in [2.05, 4.69) is 93.9 Å². The largest absolute Gasteiger partial charge is 0.465 e. The zero-order valence-corrected chi connectivity index (χ0v) is 23.1. The van der Waals surface area contributed by atoms with Crippen LogP contribution in [0.15, 0.2) is 58.7 Å². The van der Waals surface area contributed by atoms with E-state index in [1.165, 1.54) is 54.4 Å². The third-order valence-electron chi connectivity index (χ3n) is 5.43. The van der Waals surface area contributed by atoms with E-state index in [0.29, 0.717) is 6.61 Å². The lowest BCUT2D eigenvalue weighted by molar-refractivity contribution is -0.140. The van der Waals surface area contributed by atoms with Crippen molar-refractivity contribution < 1.29 is 9.53 Å². The van der Waals surface area contributed by atoms with Crippen LogP contribution in [0.25, 0.3) is 0 Å². The van der Waals surface area contributed by atoms with Crippen LogP contribution in [0.1, 0.15) is 99.3 Å². The number of rotatable bonds is 17. The van der Waals surface area contributed by atoms with Gasteiger partial charge >= 0.3 is 5.97 Å². The van der Waals surface area contributed by atoms with E-state index in [0.717, 1.165) is 31.6 Å². The van der Waals surface area contributed by atoms with Gasteiger partial charge in [-0.2, -0.15) is 0 Å². The minimum absolute atomic E-state index is 0.197. The molecule has 0 aliphatic rings. The second-order valence-corrected chi connectivity index (χ2v) is 9.82. The first-order chi connectivity index (χ1) is 15.2. The molecule has 0 saturated carbocycles. The molecule has 0 aromatic carbocycles. The average Bonchev–Trinajstić information content (AvgIpc) is 2.73. The first-order valence-corrected chi connectivity index (χ1v) is 13.4. The SMILES string of the molecule is CC(C)=CCCC(C)CCCC(C)=CCCC=C(C)C=CC=C(C)CCCOC(=O)CBr. The molecule has 0 amide bonds. The number of carbonyl (C=O) groups excluding carboxylic acids is 1. The van der Waals surface area contributed by atoms with Gasteiger partial charge in [0.25, 0.3) is 0 Å². The summed E-state index contributed by atoms with van der Waals surface area (Å²) in [5, 5.41) is 0.266. The van der Waals surface area contributed by atoms with Crippen LogP contribution in [0.5, 0.6) is 0 Å². The third-order valence-corrected chi connectivity index (χ3v) is 5.89. The predicted octanol–water partition coefficient (Wildman–Crippen LogP) is 9.43. The van der Waals surface area contributed by atoms with E-state index in [4.69, 9.17) is 4.74 Å². The van der Waals surface area contributed by atoms with Crippen molar-refractivity contribution in [3.8, 4) is 0 Å². The van der Waals surface area contributed by atoms with Crippen LogP contribution in [0.4, 0.5) is 0 Å². The van der Waals surface area contributed by atoms with E-state index >= 15 is 0 Å². The molecule has 1 atom stereocenters. The molecule has 3 heteroatoms. The maximum Gasteiger partial charge on any atom is 0.316 e. The van der Waals surface area contributed by atoms with Crippen LogP contribution in [0.2, 0.25) is 0 Å². The Kier molecular flexibility index (Phi) is 19.4. The quantitative estimate of drug-likeness (QED) is 0.0644. The molecule has 0 aromatic rings. The van der Waals surface area contributed by atoms with Gasteiger partial charge in [-0.3, -0.25) is 4.79 Å². The van der Waals surface area contributed by atoms with Gasteiger partial charge in [0.15, 0.2) is 0 Å². The number of allylic oxidation sites excluding steroid dienone is 10. The molecular weight excluding hydrogens is 460 g/mol. The highest BCUT2D eigenvalue weighted by molar-refractivity contribution is 9.09. The molecule has 0 bridgehead atoms. The Morgan fingerprint density at radius 3 is 2.25 bits per heavy atom. The van der Waals surface area contributed by atoms with E-state index in [1.54, 1.807) is 0 Å². The smallest absolute Gasteiger partial charge is 0.316 e. The summed E-state index contributed by atoms with van der Waals surface area (Å²) < 4.78 is 5.06. The Balaban J connectivity index is 4.04. The van der Waals surface area contributed by atoms with Gasteiger partial charge in [-0.15, -0.1) is 0 Å². The summed E-state index contributed by atoms with van der Waals surface area (Å²) in [4.78, 5) is 11.1. The van der Waals surface area contributed by atoms with E-state index < -0.39 is 0 Å². The summed E-state index contributed by atoms with van der Waals surface area (Å²) in [5.41, 5.74) is 5.57. The molecule has 0 fully saturated rings. The van der Waals surface area contributed by atoms with Crippen molar-refractivity contribution in [2.24, 2.45) is 5.92 Å². The van der Waals surface area contributed by atoms with Crippen molar-refractivity contribution >= 4 is 21.9 Å². The number of halogens is 1. The Morgan fingerprint density at radius 2 is 1.56 bits per heavy atom. The van der Waals surface area contributed by atoms with Gasteiger partial charge in [-0.1, -0.05) is 88.0 Å². The van der Waals surface area contributed by atoms with Crippen molar-refractivity contribution in [2.75, 3.05) is 11.9 Å². The van der Waals surface area contributed by atoms with Crippen LogP contribution < -0.4 is 0 Å². The highest BCUT2D eigenvalue weighted by atomic mass is 79.9. The normalized spacial score (nSPS) is 14.0. The number of hydrogen-bond acceptors (Lipinski definition) is 2. The van der Waals surface area contributed by atoms with Gasteiger partial charge in [-0.25, -0.2) is 0 Å². The van der Waals surface area contributed by atoms with Crippen LogP contribution >= 0.6 is 15.9 Å². The molecule has 0 saturated heterocycles. The van der Waals surface area contributed by atoms with Crippen molar-refractivity contribution in [1.29, 1.82) is 0 Å². The van der Waals surface area contributed by atoms with Crippen LogP contribution in [-0.2, 0) is 9.53 Å². The van der Waals surface area contributed by atoms with Crippen molar-refractivity contribution in [1.82, 2.24) is 0 Å². The first-order valence-electron chi connectivity index (χ1n) is 12.3. The highest BCUT2D eigenvalue weighted by Crippen LogP contribution is 2.18. The zero-order valence-electron chi connectivity index (χ0n) is 21.5. The number of carbonyl (C=O) groups is 1. The molecule has 32 heavy (non-hydrogen) atoms. The maximum atomic E-state index is 11.1. The van der Waals surface area contributed by atoms with Crippen molar-refractivity contribution in [3.63, 3.8) is 0 Å². The highest BCUT2D eigenvalue weighted by Gasteiger charge is 2.01. The molecule has 0 aliphatic carbocycles. The zero-order chi connectivity index (χ0) is 24.2. The first kappa shape index (κ1) is 30.6. The molecule has 0 aliphatic heterocycles. The van der Waals surface area contributed by atoms with Crippen molar-refractivity contribution in [3.05, 3.63) is 58.7 Å². The monoisotopic (exact) mass is 506 g/mol. The minimum atomic E-state index is -0.197. The van der Waals surface area contributed by atoms with Crippen LogP contribution in [0, 0.1) is 5.92 Å². The molecule has 0 spiro atoms. The summed E-state index contributed by atoms with van der Waals surface area (Å²) in [6, 6.07) is 0. The molecule has 0 heterocycles. The van der Waals surface area contributed by atoms with Gasteiger partial charge in [0.2, 0.25) is 0 Å². The number of alkyl halides is 1. The molecule has 0 aromatic heterocycles. The standard InChI is InChI=1S/C29H47BrO2/c1-24(2)13-9-16-27(5)19-10-17-25(3)14-7-8-15-26(4)18-11-20-28(6)21-12-22-32-29(31)23-30/h11,13-15,18,20,27H,7-10,12,16-17,19,21-23H2,1-6H3. The summed E-state index contributed by atoms with van der Waals surface area (Å²) in [7, 11) is 0. The molecule has 182 valence electrons. The topological polar surface area (TPSA) is 26.3 Å². The lowest BCUT2D eigenvalue weighted by Crippen LogP contribution is -2.06. The number of unbranched alkanes of at least 4 members (excludes halogenated alkanes) is 1. The average molecular weight is 508 g/mol. The van der Waals surface area contributed by atoms with Crippen LogP contribution in [-0.4, -0.2) is 17.9 Å². The lowest BCUT2D eigenvalue weighted by Gasteiger charge is -2.10. The summed E-state index contributed by atoms with van der Waals surface area (Å²) in [5.74, 6) is 0.628. The maximum absolute atomic E-state index is 11.1. The molecule has 0 radical (unpaired) electrons. The minimum Gasteiger partial charge on any atom is -0.465 e. The Bertz CT molecular complexity index is 661. The van der Waals surface area contributed by atoms with E-state index in [-0.39, 0.29) is 11.3 Å². The summed E-state index contributed by atoms with van der Waals surface area (Å²) >= 11 is 3.09. The third kappa shape index (κ3) is 20.5. The number of esters is 1. The molecule has 0 rings (SSSR count). The molecular formula is C29H47BrO2. The van der Waals surface area contributed by atoms with Gasteiger partial charge in [0.05, 0.1) is 6.61 Å². The molecule has 2 nitrogen and oxygen atoms in total. The predicted molar refractivity (Wildman–Crippen MR) is 145 cm³/mol. The van der Waals surface area contributed by atoms with Gasteiger partial charge in [-0.05, 0) is 91.9 Å². The molecule has 0 N–H and O–H groups in total. The molecule has 1 unspecified atom stereocenters. The Morgan fingerprint density at radius 1 is 0.875 bits per heavy atom. The van der Waals surface area contributed by atoms with Crippen LogP contribution in [0.3, 0.4) is 0 Å². The second-order valence-electron chi connectivity index (χ2n) is 9.26. The lowest BCUT2D eigenvalue weighted by atomic mass is 9.96. The second kappa shape index (κ2) is 20.3. The van der Waals surface area contributed by atoms with Crippen molar-refractivity contribution in [2.45, 2.75) is 99.3 Å². The fraction of sp³-hybridized carbons (Fsp3) is 0.621. The fourth-order valence-corrected chi connectivity index (χ4v) is 3.53. The number of ether oxygens (including phenoxy) is 1. The van der Waals surface area contributed by atoms with Gasteiger partial charge in [0, 0.05) is 0 Å². The van der Waals surface area contributed by atoms with Gasteiger partial charge < -0.3 is 4.74 Å². The van der Waals surface area contributed by atoms with E-state index in [9.17, 15) is 4.79 Å². The summed E-state index contributed by atoms with van der Waals surface area (Å²) in [6.45, 7) is 13.8. The summed E-state index contributed by atoms with van der Waals surface area (Å²) in [6.07, 6.45) is 23.9. The van der Waals surface area contributed by atoms with E-state index in [1.807, 2.05) is 0 Å². The number of hydrogen-bond donors (Lipinski definition) is 0.